The van der Waals surface area contributed by atoms with Gasteiger partial charge in [-0.15, -0.1) is 0 Å². The number of piperidine rings is 1. The standard InChI is InChI=1S/C22H32N2O5S/c1-15-22(25)24-13-5-7-19(23-30(2,26)27)20(24)14-28-17-11-9-16(10-12-17)18-6-3-4-8-21(18)29-15/h3-4,6,8,15-17,19-20,23H,5,7,9-14H2,1-2H3/t15-,16?,17?,19-,20-/m0/s1. The molecule has 3 aliphatic heterocycles. The fraction of sp³-hybridized carbons (Fsp3) is 0.682. The number of carbonyl (C=O) groups is 1. The van der Waals surface area contributed by atoms with Crippen LogP contribution < -0.4 is 9.46 Å². The number of benzene rings is 1. The first-order valence-electron chi connectivity index (χ1n) is 11.0. The molecule has 1 amide bonds. The maximum Gasteiger partial charge on any atom is 0.263 e. The van der Waals surface area contributed by atoms with Crippen molar-refractivity contribution in [3.8, 4) is 5.75 Å². The topological polar surface area (TPSA) is 84.9 Å². The van der Waals surface area contributed by atoms with E-state index in [-0.39, 0.29) is 24.1 Å². The molecule has 5 rings (SSSR count). The first-order valence-corrected chi connectivity index (χ1v) is 12.9. The van der Waals surface area contributed by atoms with Gasteiger partial charge in [-0.05, 0) is 63.0 Å². The van der Waals surface area contributed by atoms with Crippen LogP contribution in [0, 0.1) is 0 Å². The van der Waals surface area contributed by atoms with Crippen LogP contribution in [0.4, 0.5) is 0 Å². The van der Waals surface area contributed by atoms with Gasteiger partial charge in [0.1, 0.15) is 5.75 Å². The second kappa shape index (κ2) is 8.85. The molecule has 1 aromatic rings. The van der Waals surface area contributed by atoms with E-state index in [0.29, 0.717) is 25.5 Å². The number of carbonyl (C=O) groups excluding carboxylic acids is 1. The van der Waals surface area contributed by atoms with Gasteiger partial charge in [0.2, 0.25) is 10.0 Å². The van der Waals surface area contributed by atoms with Crippen LogP contribution in [0.25, 0.3) is 0 Å². The number of rotatable bonds is 2. The summed E-state index contributed by atoms with van der Waals surface area (Å²) in [5.41, 5.74) is 1.17. The smallest absolute Gasteiger partial charge is 0.263 e. The van der Waals surface area contributed by atoms with Crippen LogP contribution in [-0.4, -0.2) is 62.9 Å². The van der Waals surface area contributed by atoms with Crippen LogP contribution in [0.5, 0.6) is 5.75 Å². The van der Waals surface area contributed by atoms with Crippen molar-refractivity contribution in [3.63, 3.8) is 0 Å². The molecule has 0 spiro atoms. The highest BCUT2D eigenvalue weighted by Crippen LogP contribution is 2.39. The lowest BCUT2D eigenvalue weighted by molar-refractivity contribution is -0.145. The molecule has 1 aromatic carbocycles. The van der Waals surface area contributed by atoms with Crippen molar-refractivity contribution < 1.29 is 22.7 Å². The summed E-state index contributed by atoms with van der Waals surface area (Å²) < 4.78 is 39.0. The predicted molar refractivity (Wildman–Crippen MR) is 114 cm³/mol. The molecule has 2 fully saturated rings. The minimum Gasteiger partial charge on any atom is -0.481 e. The van der Waals surface area contributed by atoms with Crippen molar-refractivity contribution in [2.75, 3.05) is 19.4 Å². The van der Waals surface area contributed by atoms with Crippen molar-refractivity contribution >= 4 is 15.9 Å². The van der Waals surface area contributed by atoms with Gasteiger partial charge in [0.15, 0.2) is 6.10 Å². The van der Waals surface area contributed by atoms with E-state index in [1.807, 2.05) is 18.2 Å². The molecule has 3 atom stereocenters. The van der Waals surface area contributed by atoms with E-state index in [1.54, 1.807) is 11.8 Å². The highest BCUT2D eigenvalue weighted by molar-refractivity contribution is 7.88. The first-order chi connectivity index (χ1) is 14.3. The van der Waals surface area contributed by atoms with E-state index in [4.69, 9.17) is 9.47 Å². The fourth-order valence-electron chi connectivity index (χ4n) is 5.12. The highest BCUT2D eigenvalue weighted by Gasteiger charge is 2.39. The SMILES string of the molecule is C[C@@H]1Oc2ccccc2C2CCC(CC2)OC[C@H]2[C@@H](NS(C)(=O)=O)CCCN2C1=O. The molecule has 2 bridgehead atoms. The van der Waals surface area contributed by atoms with Crippen molar-refractivity contribution in [1.82, 2.24) is 9.62 Å². The summed E-state index contributed by atoms with van der Waals surface area (Å²) in [4.78, 5) is 15.1. The van der Waals surface area contributed by atoms with E-state index < -0.39 is 16.1 Å². The minimum atomic E-state index is -3.39. The number of fused-ring (bicyclic) bond motifs is 5. The number of nitrogens with zero attached hydrogens (tertiary/aromatic N) is 1. The van der Waals surface area contributed by atoms with Crippen LogP contribution in [0.1, 0.15) is 56.9 Å². The van der Waals surface area contributed by atoms with E-state index in [1.165, 1.54) is 5.56 Å². The zero-order valence-electron chi connectivity index (χ0n) is 17.7. The van der Waals surface area contributed by atoms with Crippen LogP contribution in [0.3, 0.4) is 0 Å². The third-order valence-electron chi connectivity index (χ3n) is 6.61. The Morgan fingerprint density at radius 3 is 2.57 bits per heavy atom. The van der Waals surface area contributed by atoms with Gasteiger partial charge in [-0.25, -0.2) is 13.1 Å². The zero-order valence-corrected chi connectivity index (χ0v) is 18.6. The van der Waals surface area contributed by atoms with Crippen molar-refractivity contribution in [1.29, 1.82) is 0 Å². The molecule has 4 aliphatic rings. The van der Waals surface area contributed by atoms with Gasteiger partial charge >= 0.3 is 0 Å². The average Bonchev–Trinajstić information content (AvgIpc) is 2.72. The largest absolute Gasteiger partial charge is 0.481 e. The molecule has 3 heterocycles. The van der Waals surface area contributed by atoms with Crippen LogP contribution in [0.2, 0.25) is 0 Å². The van der Waals surface area contributed by atoms with Crippen LogP contribution >= 0.6 is 0 Å². The molecule has 166 valence electrons. The number of amides is 1. The Morgan fingerprint density at radius 1 is 1.10 bits per heavy atom. The molecule has 8 heteroatoms. The summed E-state index contributed by atoms with van der Waals surface area (Å²) in [6, 6.07) is 7.34. The quantitative estimate of drug-likeness (QED) is 0.770. The molecule has 0 aromatic heterocycles. The van der Waals surface area contributed by atoms with E-state index in [0.717, 1.165) is 44.1 Å². The van der Waals surface area contributed by atoms with Crippen molar-refractivity contribution in [3.05, 3.63) is 29.8 Å². The lowest BCUT2D eigenvalue weighted by atomic mass is 9.82. The van der Waals surface area contributed by atoms with Crippen LogP contribution in [0.15, 0.2) is 24.3 Å². The Hall–Kier alpha value is -1.64. The Labute approximate surface area is 179 Å². The molecule has 1 N–H and O–H groups in total. The van der Waals surface area contributed by atoms with Crippen molar-refractivity contribution in [2.24, 2.45) is 0 Å². The van der Waals surface area contributed by atoms with Gasteiger partial charge in [0, 0.05) is 12.6 Å². The summed E-state index contributed by atoms with van der Waals surface area (Å²) in [6.07, 6.45) is 6.05. The minimum absolute atomic E-state index is 0.120. The average molecular weight is 437 g/mol. The van der Waals surface area contributed by atoms with Gasteiger partial charge in [0.05, 0.1) is 25.0 Å². The van der Waals surface area contributed by atoms with Crippen molar-refractivity contribution in [2.45, 2.75) is 75.7 Å². The summed E-state index contributed by atoms with van der Waals surface area (Å²) in [6.45, 7) is 2.70. The molecule has 0 radical (unpaired) electrons. The second-order valence-corrected chi connectivity index (χ2v) is 10.6. The number of para-hydroxylation sites is 1. The third-order valence-corrected chi connectivity index (χ3v) is 7.35. The zero-order chi connectivity index (χ0) is 21.3. The van der Waals surface area contributed by atoms with Gasteiger partial charge < -0.3 is 14.4 Å². The lowest BCUT2D eigenvalue weighted by Gasteiger charge is -2.42. The van der Waals surface area contributed by atoms with Gasteiger partial charge in [-0.3, -0.25) is 4.79 Å². The van der Waals surface area contributed by atoms with Crippen LogP contribution in [-0.2, 0) is 19.6 Å². The molecule has 30 heavy (non-hydrogen) atoms. The Bertz CT molecular complexity index is 866. The van der Waals surface area contributed by atoms with Gasteiger partial charge in [-0.1, -0.05) is 18.2 Å². The predicted octanol–water partition coefficient (Wildman–Crippen LogP) is 2.42. The Balaban J connectivity index is 1.65. The Morgan fingerprint density at radius 2 is 1.83 bits per heavy atom. The van der Waals surface area contributed by atoms with E-state index in [9.17, 15) is 13.2 Å². The maximum atomic E-state index is 13.3. The summed E-state index contributed by atoms with van der Waals surface area (Å²) in [5.74, 6) is 1.07. The monoisotopic (exact) mass is 436 g/mol. The van der Waals surface area contributed by atoms with E-state index in [2.05, 4.69) is 10.8 Å². The summed E-state index contributed by atoms with van der Waals surface area (Å²) >= 11 is 0. The number of sulfonamides is 1. The summed E-state index contributed by atoms with van der Waals surface area (Å²) in [7, 11) is -3.39. The second-order valence-electron chi connectivity index (χ2n) is 8.84. The van der Waals surface area contributed by atoms with Gasteiger partial charge in [0.25, 0.3) is 5.91 Å². The highest BCUT2D eigenvalue weighted by atomic mass is 32.2. The Kier molecular flexibility index (Phi) is 6.36. The molecule has 0 unspecified atom stereocenters. The third kappa shape index (κ3) is 4.81. The summed E-state index contributed by atoms with van der Waals surface area (Å²) in [5, 5.41) is 0. The number of hydrogen-bond donors (Lipinski definition) is 1. The molecule has 7 nitrogen and oxygen atoms in total. The van der Waals surface area contributed by atoms with Gasteiger partial charge in [-0.2, -0.15) is 0 Å². The molecular formula is C22H32N2O5S. The molecule has 1 aliphatic carbocycles. The fourth-order valence-corrected chi connectivity index (χ4v) is 5.95. The number of hydrogen-bond acceptors (Lipinski definition) is 5. The first kappa shape index (κ1) is 21.6. The normalized spacial score (nSPS) is 32.8. The number of ether oxygens (including phenoxy) is 2. The molecular weight excluding hydrogens is 404 g/mol. The maximum absolute atomic E-state index is 13.3. The molecule has 1 saturated heterocycles. The van der Waals surface area contributed by atoms with E-state index >= 15 is 0 Å². The number of nitrogens with one attached hydrogen (secondary N) is 1. The molecule has 1 saturated carbocycles. The lowest BCUT2D eigenvalue weighted by Crippen LogP contribution is -2.60.